The summed E-state index contributed by atoms with van der Waals surface area (Å²) in [6, 6.07) is 9.73. The van der Waals surface area contributed by atoms with Crippen LogP contribution in [-0.4, -0.2) is 16.5 Å². The minimum atomic E-state index is 0.693. The van der Waals surface area contributed by atoms with Gasteiger partial charge in [0.05, 0.1) is 0 Å². The Hall–Kier alpha value is -1.26. The summed E-state index contributed by atoms with van der Waals surface area (Å²) in [5.74, 6) is 0.693. The minimum absolute atomic E-state index is 0.693. The highest BCUT2D eigenvalue weighted by Gasteiger charge is 2.04. The summed E-state index contributed by atoms with van der Waals surface area (Å²) >= 11 is 7.49. The maximum atomic E-state index is 5.88. The zero-order valence-corrected chi connectivity index (χ0v) is 12.6. The first-order valence-corrected chi connectivity index (χ1v) is 7.40. The topological polar surface area (TPSA) is 37.8 Å². The molecule has 1 aromatic carbocycles. The number of nitrogens with zero attached hydrogens (tertiary/aromatic N) is 2. The van der Waals surface area contributed by atoms with E-state index in [2.05, 4.69) is 22.2 Å². The lowest BCUT2D eigenvalue weighted by Crippen LogP contribution is -2.05. The number of halogens is 1. The molecule has 2 rings (SSSR count). The molecular formula is C14H16ClN3S. The van der Waals surface area contributed by atoms with Crippen molar-refractivity contribution in [2.75, 3.05) is 11.9 Å². The standard InChI is InChI=1S/C14H16ClN3S/c1-3-8-16-14-17-10(2)9-13(18-14)19-12-6-4-11(15)5-7-12/h4-7,9H,3,8H2,1-2H3,(H,16,17,18). The third-order valence-electron chi connectivity index (χ3n) is 2.40. The van der Waals surface area contributed by atoms with Gasteiger partial charge in [0.1, 0.15) is 5.03 Å². The number of rotatable bonds is 5. The van der Waals surface area contributed by atoms with E-state index in [4.69, 9.17) is 11.6 Å². The molecule has 0 atom stereocenters. The Labute approximate surface area is 122 Å². The van der Waals surface area contributed by atoms with Crippen molar-refractivity contribution in [3.63, 3.8) is 0 Å². The van der Waals surface area contributed by atoms with Crippen LogP contribution in [0, 0.1) is 6.92 Å². The molecule has 0 unspecified atom stereocenters. The van der Waals surface area contributed by atoms with Crippen molar-refractivity contribution < 1.29 is 0 Å². The van der Waals surface area contributed by atoms with Crippen LogP contribution in [0.1, 0.15) is 19.0 Å². The zero-order chi connectivity index (χ0) is 13.7. The normalized spacial score (nSPS) is 10.5. The molecule has 0 amide bonds. The third kappa shape index (κ3) is 4.40. The van der Waals surface area contributed by atoms with Gasteiger partial charge >= 0.3 is 0 Å². The van der Waals surface area contributed by atoms with Crippen molar-refractivity contribution in [2.45, 2.75) is 30.2 Å². The molecule has 1 heterocycles. The van der Waals surface area contributed by atoms with Gasteiger partial charge in [0.2, 0.25) is 5.95 Å². The van der Waals surface area contributed by atoms with Crippen molar-refractivity contribution in [2.24, 2.45) is 0 Å². The van der Waals surface area contributed by atoms with Crippen molar-refractivity contribution >= 4 is 29.3 Å². The summed E-state index contributed by atoms with van der Waals surface area (Å²) in [7, 11) is 0. The SMILES string of the molecule is CCCNc1nc(C)cc(Sc2ccc(Cl)cc2)n1. The molecule has 0 aliphatic rings. The molecule has 0 aliphatic heterocycles. The highest BCUT2D eigenvalue weighted by Crippen LogP contribution is 2.28. The highest BCUT2D eigenvalue weighted by molar-refractivity contribution is 7.99. The summed E-state index contributed by atoms with van der Waals surface area (Å²) in [6.45, 7) is 4.98. The van der Waals surface area contributed by atoms with Crippen LogP contribution in [0.25, 0.3) is 0 Å². The van der Waals surface area contributed by atoms with Gasteiger partial charge in [-0.2, -0.15) is 0 Å². The summed E-state index contributed by atoms with van der Waals surface area (Å²) in [5, 5.41) is 4.90. The summed E-state index contributed by atoms with van der Waals surface area (Å²) in [6.07, 6.45) is 1.05. The number of benzene rings is 1. The first kappa shape index (κ1) is 14.2. The van der Waals surface area contributed by atoms with E-state index >= 15 is 0 Å². The van der Waals surface area contributed by atoms with E-state index in [9.17, 15) is 0 Å². The van der Waals surface area contributed by atoms with Crippen LogP contribution >= 0.6 is 23.4 Å². The summed E-state index contributed by atoms with van der Waals surface area (Å²) in [5.41, 5.74) is 0.963. The fourth-order valence-corrected chi connectivity index (χ4v) is 2.53. The average molecular weight is 294 g/mol. The third-order valence-corrected chi connectivity index (χ3v) is 3.58. The Kier molecular flexibility index (Phi) is 5.05. The molecule has 1 aromatic heterocycles. The fourth-order valence-electron chi connectivity index (χ4n) is 1.53. The summed E-state index contributed by atoms with van der Waals surface area (Å²) < 4.78 is 0. The van der Waals surface area contributed by atoms with Gasteiger partial charge in [0, 0.05) is 22.2 Å². The number of hydrogen-bond acceptors (Lipinski definition) is 4. The molecule has 19 heavy (non-hydrogen) atoms. The van der Waals surface area contributed by atoms with Crippen molar-refractivity contribution in [1.29, 1.82) is 0 Å². The molecular weight excluding hydrogens is 278 g/mol. The fraction of sp³-hybridized carbons (Fsp3) is 0.286. The lowest BCUT2D eigenvalue weighted by molar-refractivity contribution is 0.924. The zero-order valence-electron chi connectivity index (χ0n) is 11.0. The van der Waals surface area contributed by atoms with E-state index in [1.165, 1.54) is 0 Å². The van der Waals surface area contributed by atoms with Crippen molar-refractivity contribution in [3.8, 4) is 0 Å². The molecule has 0 fully saturated rings. The van der Waals surface area contributed by atoms with E-state index in [0.29, 0.717) is 5.95 Å². The van der Waals surface area contributed by atoms with Crippen LogP contribution < -0.4 is 5.32 Å². The maximum Gasteiger partial charge on any atom is 0.223 e. The number of anilines is 1. The predicted molar refractivity (Wildman–Crippen MR) is 81.1 cm³/mol. The van der Waals surface area contributed by atoms with Crippen molar-refractivity contribution in [1.82, 2.24) is 9.97 Å². The van der Waals surface area contributed by atoms with Gasteiger partial charge in [-0.1, -0.05) is 30.3 Å². The molecule has 2 aromatic rings. The largest absolute Gasteiger partial charge is 0.354 e. The van der Waals surface area contributed by atoms with Gasteiger partial charge in [-0.15, -0.1) is 0 Å². The second-order valence-corrected chi connectivity index (χ2v) is 5.68. The van der Waals surface area contributed by atoms with E-state index < -0.39 is 0 Å². The molecule has 0 radical (unpaired) electrons. The van der Waals surface area contributed by atoms with E-state index in [1.54, 1.807) is 11.8 Å². The second kappa shape index (κ2) is 6.78. The van der Waals surface area contributed by atoms with Crippen LogP contribution in [0.3, 0.4) is 0 Å². The van der Waals surface area contributed by atoms with Crippen LogP contribution in [0.15, 0.2) is 40.3 Å². The van der Waals surface area contributed by atoms with E-state index in [0.717, 1.165) is 33.6 Å². The van der Waals surface area contributed by atoms with Gasteiger partial charge in [-0.25, -0.2) is 9.97 Å². The first-order chi connectivity index (χ1) is 9.17. The second-order valence-electron chi connectivity index (χ2n) is 4.15. The molecule has 0 spiro atoms. The Morgan fingerprint density at radius 1 is 1.21 bits per heavy atom. The lowest BCUT2D eigenvalue weighted by Gasteiger charge is -2.07. The van der Waals surface area contributed by atoms with Gasteiger partial charge in [-0.3, -0.25) is 0 Å². The van der Waals surface area contributed by atoms with Crippen LogP contribution in [-0.2, 0) is 0 Å². The lowest BCUT2D eigenvalue weighted by atomic mass is 10.4. The Bertz CT molecular complexity index is 543. The maximum absolute atomic E-state index is 5.88. The minimum Gasteiger partial charge on any atom is -0.354 e. The monoisotopic (exact) mass is 293 g/mol. The average Bonchev–Trinajstić information content (AvgIpc) is 2.38. The Morgan fingerprint density at radius 3 is 2.63 bits per heavy atom. The number of aromatic nitrogens is 2. The molecule has 0 saturated heterocycles. The van der Waals surface area contributed by atoms with E-state index in [1.807, 2.05) is 37.3 Å². The molecule has 0 bridgehead atoms. The Balaban J connectivity index is 2.15. The quantitative estimate of drug-likeness (QED) is 0.829. The molecule has 1 N–H and O–H groups in total. The van der Waals surface area contributed by atoms with E-state index in [-0.39, 0.29) is 0 Å². The van der Waals surface area contributed by atoms with Gasteiger partial charge < -0.3 is 5.32 Å². The molecule has 5 heteroatoms. The smallest absolute Gasteiger partial charge is 0.223 e. The highest BCUT2D eigenvalue weighted by atomic mass is 35.5. The predicted octanol–water partition coefficient (Wildman–Crippen LogP) is 4.41. The van der Waals surface area contributed by atoms with Gasteiger partial charge in [0.15, 0.2) is 0 Å². The van der Waals surface area contributed by atoms with Crippen LogP contribution in [0.2, 0.25) is 5.02 Å². The van der Waals surface area contributed by atoms with Crippen LogP contribution in [0.5, 0.6) is 0 Å². The van der Waals surface area contributed by atoms with Gasteiger partial charge in [-0.05, 0) is 43.7 Å². The van der Waals surface area contributed by atoms with Gasteiger partial charge in [0.25, 0.3) is 0 Å². The molecule has 0 saturated carbocycles. The molecule has 3 nitrogen and oxygen atoms in total. The first-order valence-electron chi connectivity index (χ1n) is 6.20. The Morgan fingerprint density at radius 2 is 1.95 bits per heavy atom. The summed E-state index contributed by atoms with van der Waals surface area (Å²) in [4.78, 5) is 9.98. The van der Waals surface area contributed by atoms with Crippen LogP contribution in [0.4, 0.5) is 5.95 Å². The number of nitrogens with one attached hydrogen (secondary N) is 1. The number of hydrogen-bond donors (Lipinski definition) is 1. The number of aryl methyl sites for hydroxylation is 1. The molecule has 0 aliphatic carbocycles. The van der Waals surface area contributed by atoms with Crippen molar-refractivity contribution in [3.05, 3.63) is 41.0 Å². The molecule has 100 valence electrons.